The molecule has 1 saturated heterocycles. The molecular formula is C8H13F2NO2. The van der Waals surface area contributed by atoms with Crippen LogP contribution in [0.2, 0.25) is 0 Å². The second kappa shape index (κ2) is 4.00. The first-order valence-electron chi connectivity index (χ1n) is 4.19. The van der Waals surface area contributed by atoms with Gasteiger partial charge in [0.1, 0.15) is 0 Å². The molecule has 0 aromatic carbocycles. The van der Waals surface area contributed by atoms with E-state index >= 15 is 0 Å². The molecule has 0 aliphatic carbocycles. The van der Waals surface area contributed by atoms with Crippen molar-refractivity contribution in [2.24, 2.45) is 5.92 Å². The van der Waals surface area contributed by atoms with Crippen LogP contribution in [0.15, 0.2) is 0 Å². The van der Waals surface area contributed by atoms with Gasteiger partial charge in [0, 0.05) is 12.8 Å². The fraction of sp³-hybridized carbons (Fsp3) is 0.875. The molecule has 0 amide bonds. The number of hydrogen-bond donors (Lipinski definition) is 1. The Labute approximate surface area is 75.4 Å². The minimum atomic E-state index is -2.68. The lowest BCUT2D eigenvalue weighted by Crippen LogP contribution is -2.44. The molecular weight excluding hydrogens is 180 g/mol. The quantitative estimate of drug-likeness (QED) is 0.659. The van der Waals surface area contributed by atoms with E-state index in [1.807, 2.05) is 0 Å². The smallest absolute Gasteiger partial charge is 0.305 e. The highest BCUT2D eigenvalue weighted by atomic mass is 19.3. The van der Waals surface area contributed by atoms with Crippen LogP contribution in [-0.4, -0.2) is 32.1 Å². The Bertz CT molecular complexity index is 197. The largest absolute Gasteiger partial charge is 0.469 e. The van der Waals surface area contributed by atoms with Crippen molar-refractivity contribution in [1.29, 1.82) is 0 Å². The van der Waals surface area contributed by atoms with Crippen molar-refractivity contribution < 1.29 is 18.3 Å². The summed E-state index contributed by atoms with van der Waals surface area (Å²) in [7, 11) is 1.26. The summed E-state index contributed by atoms with van der Waals surface area (Å²) >= 11 is 0. The van der Waals surface area contributed by atoms with Crippen LogP contribution in [0.4, 0.5) is 8.78 Å². The number of carbonyl (C=O) groups excluding carboxylic acids is 1. The average Bonchev–Trinajstić information content (AvgIpc) is 2.02. The highest BCUT2D eigenvalue weighted by Crippen LogP contribution is 2.27. The lowest BCUT2D eigenvalue weighted by Gasteiger charge is -2.28. The van der Waals surface area contributed by atoms with Gasteiger partial charge >= 0.3 is 5.97 Å². The molecule has 1 atom stereocenters. The van der Waals surface area contributed by atoms with E-state index in [0.717, 1.165) is 0 Å². The lowest BCUT2D eigenvalue weighted by molar-refractivity contribution is -0.142. The zero-order valence-corrected chi connectivity index (χ0v) is 7.48. The Kier molecular flexibility index (Phi) is 3.19. The third kappa shape index (κ3) is 3.26. The van der Waals surface area contributed by atoms with Crippen LogP contribution in [0, 0.1) is 5.92 Å². The van der Waals surface area contributed by atoms with Gasteiger partial charge in [-0.3, -0.25) is 4.79 Å². The molecule has 13 heavy (non-hydrogen) atoms. The third-order valence-electron chi connectivity index (χ3n) is 2.09. The van der Waals surface area contributed by atoms with Gasteiger partial charge in [-0.25, -0.2) is 8.78 Å². The Morgan fingerprint density at radius 3 is 2.92 bits per heavy atom. The van der Waals surface area contributed by atoms with Crippen LogP contribution in [0.1, 0.15) is 12.8 Å². The van der Waals surface area contributed by atoms with E-state index in [1.54, 1.807) is 0 Å². The molecule has 76 valence electrons. The molecule has 1 aliphatic rings. The van der Waals surface area contributed by atoms with E-state index in [9.17, 15) is 13.6 Å². The molecule has 0 aromatic rings. The number of alkyl halides is 2. The Hall–Kier alpha value is -0.710. The standard InChI is InChI=1S/C8H13F2NO2/c1-13-7(12)2-6-3-8(9,10)5-11-4-6/h6,11H,2-5H2,1H3/t6-/m0/s1. The number of ether oxygens (including phenoxy) is 1. The molecule has 0 unspecified atom stereocenters. The van der Waals surface area contributed by atoms with Crippen molar-refractivity contribution >= 4 is 5.97 Å². The van der Waals surface area contributed by atoms with Crippen LogP contribution in [0.3, 0.4) is 0 Å². The average molecular weight is 193 g/mol. The molecule has 1 heterocycles. The molecule has 3 nitrogen and oxygen atoms in total. The Morgan fingerprint density at radius 2 is 2.38 bits per heavy atom. The third-order valence-corrected chi connectivity index (χ3v) is 2.09. The van der Waals surface area contributed by atoms with Gasteiger partial charge in [-0.2, -0.15) is 0 Å². The van der Waals surface area contributed by atoms with E-state index in [2.05, 4.69) is 10.1 Å². The molecule has 0 saturated carbocycles. The van der Waals surface area contributed by atoms with Crippen molar-refractivity contribution in [3.8, 4) is 0 Å². The van der Waals surface area contributed by atoms with Crippen molar-refractivity contribution in [2.75, 3.05) is 20.2 Å². The first-order valence-corrected chi connectivity index (χ1v) is 4.19. The van der Waals surface area contributed by atoms with E-state index in [4.69, 9.17) is 0 Å². The second-order valence-electron chi connectivity index (χ2n) is 3.34. The Morgan fingerprint density at radius 1 is 1.69 bits per heavy atom. The molecule has 5 heteroatoms. The van der Waals surface area contributed by atoms with Gasteiger partial charge < -0.3 is 10.1 Å². The van der Waals surface area contributed by atoms with E-state index < -0.39 is 11.9 Å². The number of nitrogens with one attached hydrogen (secondary N) is 1. The van der Waals surface area contributed by atoms with Gasteiger partial charge in [0.15, 0.2) is 0 Å². The normalized spacial score (nSPS) is 26.8. The maximum atomic E-state index is 12.8. The van der Waals surface area contributed by atoms with Crippen molar-refractivity contribution in [2.45, 2.75) is 18.8 Å². The van der Waals surface area contributed by atoms with E-state index in [1.165, 1.54) is 7.11 Å². The fourth-order valence-corrected chi connectivity index (χ4v) is 1.49. The number of methoxy groups -OCH3 is 1. The van der Waals surface area contributed by atoms with Gasteiger partial charge in [-0.1, -0.05) is 0 Å². The highest BCUT2D eigenvalue weighted by molar-refractivity contribution is 5.69. The number of piperidine rings is 1. The molecule has 0 radical (unpaired) electrons. The number of esters is 1. The van der Waals surface area contributed by atoms with Crippen LogP contribution >= 0.6 is 0 Å². The Balaban J connectivity index is 2.39. The molecule has 1 N–H and O–H groups in total. The van der Waals surface area contributed by atoms with Crippen LogP contribution < -0.4 is 5.32 Å². The van der Waals surface area contributed by atoms with Gasteiger partial charge in [0.2, 0.25) is 0 Å². The number of carbonyl (C=O) groups is 1. The molecule has 0 bridgehead atoms. The SMILES string of the molecule is COC(=O)C[C@@H]1CNCC(F)(F)C1. The predicted octanol–water partition coefficient (Wildman–Crippen LogP) is 0.794. The van der Waals surface area contributed by atoms with Gasteiger partial charge in [0.05, 0.1) is 13.7 Å². The first kappa shape index (κ1) is 10.4. The molecule has 0 aromatic heterocycles. The van der Waals surface area contributed by atoms with Gasteiger partial charge in [0.25, 0.3) is 5.92 Å². The minimum Gasteiger partial charge on any atom is -0.469 e. The second-order valence-corrected chi connectivity index (χ2v) is 3.34. The summed E-state index contributed by atoms with van der Waals surface area (Å²) in [6, 6.07) is 0. The number of rotatable bonds is 2. The predicted molar refractivity (Wildman–Crippen MR) is 42.6 cm³/mol. The van der Waals surface area contributed by atoms with E-state index in [-0.39, 0.29) is 25.3 Å². The van der Waals surface area contributed by atoms with Gasteiger partial charge in [-0.15, -0.1) is 0 Å². The molecule has 1 aliphatic heterocycles. The monoisotopic (exact) mass is 193 g/mol. The zero-order chi connectivity index (χ0) is 9.90. The molecule has 1 fully saturated rings. The summed E-state index contributed by atoms with van der Waals surface area (Å²) < 4.78 is 30.0. The maximum absolute atomic E-state index is 12.8. The van der Waals surface area contributed by atoms with Crippen LogP contribution in [-0.2, 0) is 9.53 Å². The summed E-state index contributed by atoms with van der Waals surface area (Å²) in [5.74, 6) is -3.42. The van der Waals surface area contributed by atoms with Crippen LogP contribution in [0.5, 0.6) is 0 Å². The summed E-state index contributed by atoms with van der Waals surface area (Å²) in [6.07, 6.45) is -0.159. The van der Waals surface area contributed by atoms with Crippen LogP contribution in [0.25, 0.3) is 0 Å². The summed E-state index contributed by atoms with van der Waals surface area (Å²) in [5, 5.41) is 2.60. The van der Waals surface area contributed by atoms with Crippen molar-refractivity contribution in [3.05, 3.63) is 0 Å². The number of hydrogen-bond acceptors (Lipinski definition) is 3. The summed E-state index contributed by atoms with van der Waals surface area (Å²) in [4.78, 5) is 10.8. The van der Waals surface area contributed by atoms with Gasteiger partial charge in [-0.05, 0) is 12.5 Å². The maximum Gasteiger partial charge on any atom is 0.305 e. The lowest BCUT2D eigenvalue weighted by atomic mass is 9.94. The van der Waals surface area contributed by atoms with Crippen molar-refractivity contribution in [3.63, 3.8) is 0 Å². The first-order chi connectivity index (χ1) is 6.03. The zero-order valence-electron chi connectivity index (χ0n) is 7.48. The fourth-order valence-electron chi connectivity index (χ4n) is 1.49. The molecule has 0 spiro atoms. The number of halogens is 2. The summed E-state index contributed by atoms with van der Waals surface area (Å²) in [6.45, 7) is 0.176. The minimum absolute atomic E-state index is 0.0685. The van der Waals surface area contributed by atoms with Crippen molar-refractivity contribution in [1.82, 2.24) is 5.32 Å². The van der Waals surface area contributed by atoms with E-state index in [0.29, 0.717) is 6.54 Å². The summed E-state index contributed by atoms with van der Waals surface area (Å²) in [5.41, 5.74) is 0. The highest BCUT2D eigenvalue weighted by Gasteiger charge is 2.36. The topological polar surface area (TPSA) is 38.3 Å². The molecule has 1 rings (SSSR count).